The predicted molar refractivity (Wildman–Crippen MR) is 133 cm³/mol. The first kappa shape index (κ1) is 24.4. The monoisotopic (exact) mass is 491 g/mol. The van der Waals surface area contributed by atoms with Gasteiger partial charge in [0.1, 0.15) is 0 Å². The number of fused-ring (bicyclic) bond motifs is 1. The number of anilines is 1. The standard InChI is InChI=1S/C23H26ClN3O3S2/c1-4-26(5-2)14-15-27(22(28)13-10-17-8-6-7-9-19(17)24)23-25-20-12-11-18(32(3,29)30)16-21(20)31-23/h6-13,16H,4-5,14-15H2,1-3H3/b13-10+. The maximum absolute atomic E-state index is 13.2. The topological polar surface area (TPSA) is 70.6 Å². The van der Waals surface area contributed by atoms with E-state index in [-0.39, 0.29) is 10.8 Å². The van der Waals surface area contributed by atoms with Gasteiger partial charge in [-0.1, -0.05) is 55.0 Å². The van der Waals surface area contributed by atoms with E-state index in [1.165, 1.54) is 23.7 Å². The van der Waals surface area contributed by atoms with Crippen LogP contribution in [0.2, 0.25) is 5.02 Å². The molecule has 0 saturated heterocycles. The molecular formula is C23H26ClN3O3S2. The largest absolute Gasteiger partial charge is 0.302 e. The van der Waals surface area contributed by atoms with E-state index in [2.05, 4.69) is 23.7 Å². The highest BCUT2D eigenvalue weighted by molar-refractivity contribution is 7.90. The van der Waals surface area contributed by atoms with Gasteiger partial charge >= 0.3 is 0 Å². The first-order valence-electron chi connectivity index (χ1n) is 10.3. The molecule has 0 spiro atoms. The number of carbonyl (C=O) groups excluding carboxylic acids is 1. The Morgan fingerprint density at radius 2 is 1.84 bits per heavy atom. The van der Waals surface area contributed by atoms with Crippen LogP contribution in [-0.2, 0) is 14.6 Å². The van der Waals surface area contributed by atoms with E-state index in [0.29, 0.717) is 28.8 Å². The number of benzene rings is 2. The predicted octanol–water partition coefficient (Wildman–Crippen LogP) is 4.74. The third-order valence-corrected chi connectivity index (χ3v) is 7.61. The van der Waals surface area contributed by atoms with Crippen LogP contribution < -0.4 is 4.90 Å². The molecule has 6 nitrogen and oxygen atoms in total. The lowest BCUT2D eigenvalue weighted by Gasteiger charge is -2.23. The highest BCUT2D eigenvalue weighted by Crippen LogP contribution is 2.31. The average molecular weight is 492 g/mol. The third kappa shape index (κ3) is 5.95. The fourth-order valence-corrected chi connectivity index (χ4v) is 5.14. The summed E-state index contributed by atoms with van der Waals surface area (Å²) in [6, 6.07) is 12.1. The van der Waals surface area contributed by atoms with Crippen molar-refractivity contribution in [3.8, 4) is 0 Å². The molecule has 0 aliphatic rings. The van der Waals surface area contributed by atoms with Crippen molar-refractivity contribution in [2.75, 3.05) is 37.3 Å². The van der Waals surface area contributed by atoms with Crippen LogP contribution in [0.3, 0.4) is 0 Å². The molecule has 0 atom stereocenters. The molecule has 1 aromatic heterocycles. The molecule has 32 heavy (non-hydrogen) atoms. The number of likely N-dealkylation sites (N-methyl/N-ethyl adjacent to an activating group) is 1. The van der Waals surface area contributed by atoms with E-state index in [0.717, 1.165) is 23.4 Å². The zero-order valence-electron chi connectivity index (χ0n) is 18.3. The first-order valence-corrected chi connectivity index (χ1v) is 13.4. The number of sulfone groups is 1. The fraction of sp³-hybridized carbons (Fsp3) is 0.304. The minimum absolute atomic E-state index is 0.209. The molecule has 9 heteroatoms. The molecule has 1 heterocycles. The molecule has 0 bridgehead atoms. The van der Waals surface area contributed by atoms with Crippen LogP contribution in [0.15, 0.2) is 53.4 Å². The Morgan fingerprint density at radius 1 is 1.12 bits per heavy atom. The Hall–Kier alpha value is -2.26. The number of carbonyl (C=O) groups is 1. The highest BCUT2D eigenvalue weighted by atomic mass is 35.5. The van der Waals surface area contributed by atoms with Gasteiger partial charge in [-0.15, -0.1) is 0 Å². The summed E-state index contributed by atoms with van der Waals surface area (Å²) in [5, 5.41) is 1.10. The summed E-state index contributed by atoms with van der Waals surface area (Å²) in [4.78, 5) is 21.9. The fourth-order valence-electron chi connectivity index (χ4n) is 3.18. The molecule has 170 valence electrons. The zero-order chi connectivity index (χ0) is 23.3. The Kier molecular flexibility index (Phi) is 8.05. The van der Waals surface area contributed by atoms with E-state index in [4.69, 9.17) is 11.6 Å². The molecule has 1 amide bonds. The molecule has 0 aliphatic carbocycles. The third-order valence-electron chi connectivity index (χ3n) is 5.12. The van der Waals surface area contributed by atoms with Crippen LogP contribution in [0, 0.1) is 0 Å². The maximum atomic E-state index is 13.2. The molecule has 0 N–H and O–H groups in total. The van der Waals surface area contributed by atoms with E-state index in [1.807, 2.05) is 18.2 Å². The second kappa shape index (κ2) is 10.6. The van der Waals surface area contributed by atoms with Crippen molar-refractivity contribution in [3.05, 3.63) is 59.1 Å². The highest BCUT2D eigenvalue weighted by Gasteiger charge is 2.20. The number of halogens is 1. The van der Waals surface area contributed by atoms with Crippen LogP contribution >= 0.6 is 22.9 Å². The first-order chi connectivity index (χ1) is 15.2. The summed E-state index contributed by atoms with van der Waals surface area (Å²) in [6.45, 7) is 7.08. The zero-order valence-corrected chi connectivity index (χ0v) is 20.7. The second-order valence-electron chi connectivity index (χ2n) is 7.27. The van der Waals surface area contributed by atoms with Gasteiger partial charge in [0.2, 0.25) is 0 Å². The minimum Gasteiger partial charge on any atom is -0.302 e. The number of aromatic nitrogens is 1. The SMILES string of the molecule is CCN(CC)CCN(C(=O)/C=C/c1ccccc1Cl)c1nc2ccc(S(C)(=O)=O)cc2s1. The Labute approximate surface area is 198 Å². The van der Waals surface area contributed by atoms with Gasteiger partial charge in [-0.3, -0.25) is 9.69 Å². The van der Waals surface area contributed by atoms with Gasteiger partial charge in [0.15, 0.2) is 15.0 Å². The summed E-state index contributed by atoms with van der Waals surface area (Å²) < 4.78 is 24.5. The summed E-state index contributed by atoms with van der Waals surface area (Å²) in [5.74, 6) is -0.209. The number of hydrogen-bond acceptors (Lipinski definition) is 6. The van der Waals surface area contributed by atoms with Crippen LogP contribution in [-0.4, -0.2) is 56.6 Å². The Balaban J connectivity index is 1.94. The van der Waals surface area contributed by atoms with E-state index < -0.39 is 9.84 Å². The number of nitrogens with zero attached hydrogens (tertiary/aromatic N) is 3. The number of hydrogen-bond donors (Lipinski definition) is 0. The van der Waals surface area contributed by atoms with E-state index in [1.54, 1.807) is 35.2 Å². The normalized spacial score (nSPS) is 12.2. The summed E-state index contributed by atoms with van der Waals surface area (Å²) in [7, 11) is -3.33. The summed E-state index contributed by atoms with van der Waals surface area (Å²) >= 11 is 7.51. The van der Waals surface area contributed by atoms with Crippen molar-refractivity contribution in [1.82, 2.24) is 9.88 Å². The van der Waals surface area contributed by atoms with Crippen LogP contribution in [0.4, 0.5) is 5.13 Å². The molecule has 0 radical (unpaired) electrons. The molecule has 0 fully saturated rings. The van der Waals surface area contributed by atoms with Crippen molar-refractivity contribution >= 4 is 60.1 Å². The van der Waals surface area contributed by atoms with Gasteiger partial charge < -0.3 is 4.90 Å². The quantitative estimate of drug-likeness (QED) is 0.404. The van der Waals surface area contributed by atoms with Gasteiger partial charge in [0, 0.05) is 30.4 Å². The number of amides is 1. The maximum Gasteiger partial charge on any atom is 0.252 e. The lowest BCUT2D eigenvalue weighted by atomic mass is 10.2. The number of rotatable bonds is 9. The molecular weight excluding hydrogens is 466 g/mol. The minimum atomic E-state index is -3.33. The molecule has 3 rings (SSSR count). The Bertz CT molecular complexity index is 1230. The van der Waals surface area contributed by atoms with Crippen molar-refractivity contribution in [2.45, 2.75) is 18.7 Å². The number of thiazole rings is 1. The van der Waals surface area contributed by atoms with Crippen molar-refractivity contribution in [2.24, 2.45) is 0 Å². The smallest absolute Gasteiger partial charge is 0.252 e. The second-order valence-corrected chi connectivity index (χ2v) is 10.7. The van der Waals surface area contributed by atoms with Gasteiger partial charge in [0.05, 0.1) is 15.1 Å². The van der Waals surface area contributed by atoms with Crippen molar-refractivity contribution < 1.29 is 13.2 Å². The summed E-state index contributed by atoms with van der Waals surface area (Å²) in [5.41, 5.74) is 1.42. The van der Waals surface area contributed by atoms with Gasteiger partial charge in [0.25, 0.3) is 5.91 Å². The van der Waals surface area contributed by atoms with Crippen LogP contribution in [0.5, 0.6) is 0 Å². The van der Waals surface area contributed by atoms with Crippen molar-refractivity contribution in [3.63, 3.8) is 0 Å². The van der Waals surface area contributed by atoms with Crippen molar-refractivity contribution in [1.29, 1.82) is 0 Å². The molecule has 0 aliphatic heterocycles. The molecule has 0 unspecified atom stereocenters. The van der Waals surface area contributed by atoms with E-state index >= 15 is 0 Å². The molecule has 0 saturated carbocycles. The van der Waals surface area contributed by atoms with Crippen LogP contribution in [0.1, 0.15) is 19.4 Å². The molecule has 2 aromatic carbocycles. The average Bonchev–Trinajstić information content (AvgIpc) is 3.18. The lowest BCUT2D eigenvalue weighted by Crippen LogP contribution is -2.38. The van der Waals surface area contributed by atoms with Gasteiger partial charge in [-0.2, -0.15) is 0 Å². The van der Waals surface area contributed by atoms with Gasteiger partial charge in [-0.05, 0) is 49.0 Å². The van der Waals surface area contributed by atoms with Crippen LogP contribution in [0.25, 0.3) is 16.3 Å². The van der Waals surface area contributed by atoms with Gasteiger partial charge in [-0.25, -0.2) is 13.4 Å². The van der Waals surface area contributed by atoms with E-state index in [9.17, 15) is 13.2 Å². The lowest BCUT2D eigenvalue weighted by molar-refractivity contribution is -0.114. The Morgan fingerprint density at radius 3 is 2.50 bits per heavy atom. The summed E-state index contributed by atoms with van der Waals surface area (Å²) in [6.07, 6.45) is 4.37. The molecule has 3 aromatic rings.